The van der Waals surface area contributed by atoms with Crippen LogP contribution in [0.4, 0.5) is 0 Å². The van der Waals surface area contributed by atoms with Crippen molar-refractivity contribution in [1.29, 1.82) is 0 Å². The molecule has 0 amide bonds. The Hall–Kier alpha value is -3.64. The van der Waals surface area contributed by atoms with Crippen LogP contribution in [0.1, 0.15) is 41.7 Å². The lowest BCUT2D eigenvalue weighted by Gasteiger charge is -2.10. The number of aryl methyl sites for hydroxylation is 2. The number of benzene rings is 4. The Bertz CT molecular complexity index is 987. The Kier molecular flexibility index (Phi) is 13.3. The molecule has 0 spiro atoms. The monoisotopic (exact) mass is 420 g/mol. The van der Waals surface area contributed by atoms with Crippen molar-refractivity contribution in [2.75, 3.05) is 0 Å². The van der Waals surface area contributed by atoms with Gasteiger partial charge < -0.3 is 0 Å². The van der Waals surface area contributed by atoms with Gasteiger partial charge in [0.25, 0.3) is 0 Å². The van der Waals surface area contributed by atoms with Crippen molar-refractivity contribution in [3.05, 3.63) is 156 Å². The summed E-state index contributed by atoms with van der Waals surface area (Å²) < 4.78 is 0. The molecule has 0 aliphatic carbocycles. The lowest BCUT2D eigenvalue weighted by atomic mass is 9.94. The first-order valence-corrected chi connectivity index (χ1v) is 11.1. The van der Waals surface area contributed by atoms with Crippen LogP contribution in [-0.2, 0) is 0 Å². The third kappa shape index (κ3) is 9.91. The Labute approximate surface area is 195 Å². The molecule has 0 nitrogen and oxygen atoms in total. The first-order chi connectivity index (χ1) is 15.6. The van der Waals surface area contributed by atoms with Gasteiger partial charge in [-0.2, -0.15) is 0 Å². The summed E-state index contributed by atoms with van der Waals surface area (Å²) in [7, 11) is 0. The van der Waals surface area contributed by atoms with Crippen molar-refractivity contribution >= 4 is 11.6 Å². The van der Waals surface area contributed by atoms with Gasteiger partial charge in [-0.15, -0.1) is 0 Å². The average molecular weight is 421 g/mol. The van der Waals surface area contributed by atoms with Crippen molar-refractivity contribution in [3.8, 4) is 0 Å². The van der Waals surface area contributed by atoms with Gasteiger partial charge >= 0.3 is 0 Å². The van der Waals surface area contributed by atoms with Crippen molar-refractivity contribution < 1.29 is 0 Å². The van der Waals surface area contributed by atoms with Gasteiger partial charge in [-0.05, 0) is 41.7 Å². The molecular formula is C32H36. The van der Waals surface area contributed by atoms with E-state index in [1.807, 2.05) is 105 Å². The SMILES string of the molecule is C=C(c1ccccc1)c1cc(C)ccc1C.C=Cc1ccccc1.CC.c1ccccc1. The minimum atomic E-state index is 1.10. The minimum Gasteiger partial charge on any atom is -0.0985 e. The molecule has 0 unspecified atom stereocenters. The van der Waals surface area contributed by atoms with Gasteiger partial charge in [0, 0.05) is 0 Å². The van der Waals surface area contributed by atoms with Crippen LogP contribution in [0.15, 0.2) is 128 Å². The van der Waals surface area contributed by atoms with Crippen molar-refractivity contribution in [1.82, 2.24) is 0 Å². The van der Waals surface area contributed by atoms with E-state index < -0.39 is 0 Å². The standard InChI is InChI=1S/C16H16.C8H8.C6H6.C2H6/c1-12-9-10-13(2)16(11-12)14(3)15-7-5-4-6-8-15;1-2-8-6-4-3-5-7-8;1-2-4-6-5-3-1;1-2/h4-11H,3H2,1-2H3;2-7H,1H2;1-6H;1-2H3. The predicted molar refractivity (Wildman–Crippen MR) is 145 cm³/mol. The normalized spacial score (nSPS) is 8.88. The topological polar surface area (TPSA) is 0 Å². The maximum absolute atomic E-state index is 4.20. The van der Waals surface area contributed by atoms with Gasteiger partial charge in [0.15, 0.2) is 0 Å². The largest absolute Gasteiger partial charge is 0.0985 e. The fraction of sp³-hybridized carbons (Fsp3) is 0.125. The molecule has 4 aromatic carbocycles. The number of hydrogen-bond donors (Lipinski definition) is 0. The fourth-order valence-electron chi connectivity index (χ4n) is 2.83. The summed E-state index contributed by atoms with van der Waals surface area (Å²) in [6.45, 7) is 16.1. The van der Waals surface area contributed by atoms with Gasteiger partial charge in [0.2, 0.25) is 0 Å². The first-order valence-electron chi connectivity index (χ1n) is 11.1. The van der Waals surface area contributed by atoms with Gasteiger partial charge in [0.05, 0.1) is 0 Å². The highest BCUT2D eigenvalue weighted by molar-refractivity contribution is 5.79. The Morgan fingerprint density at radius 1 is 0.625 bits per heavy atom. The molecule has 0 heteroatoms. The van der Waals surface area contributed by atoms with Crippen molar-refractivity contribution in [2.24, 2.45) is 0 Å². The minimum absolute atomic E-state index is 1.10. The number of hydrogen-bond acceptors (Lipinski definition) is 0. The summed E-state index contributed by atoms with van der Waals surface area (Å²) in [6, 6.07) is 38.8. The van der Waals surface area contributed by atoms with Gasteiger partial charge in [-0.3, -0.25) is 0 Å². The van der Waals surface area contributed by atoms with Crippen molar-refractivity contribution in [3.63, 3.8) is 0 Å². The second kappa shape index (κ2) is 16.1. The van der Waals surface area contributed by atoms with Crippen LogP contribution in [0.3, 0.4) is 0 Å². The summed E-state index contributed by atoms with van der Waals surface area (Å²) >= 11 is 0. The number of rotatable bonds is 3. The Morgan fingerprint density at radius 2 is 1.06 bits per heavy atom. The lowest BCUT2D eigenvalue weighted by molar-refractivity contribution is 1.36. The molecule has 164 valence electrons. The zero-order valence-electron chi connectivity index (χ0n) is 20.0. The van der Waals surface area contributed by atoms with E-state index in [9.17, 15) is 0 Å². The molecule has 0 radical (unpaired) electrons. The third-order valence-corrected chi connectivity index (χ3v) is 4.54. The lowest BCUT2D eigenvalue weighted by Crippen LogP contribution is -1.90. The van der Waals surface area contributed by atoms with Gasteiger partial charge in [-0.25, -0.2) is 0 Å². The van der Waals surface area contributed by atoms with E-state index in [-0.39, 0.29) is 0 Å². The van der Waals surface area contributed by atoms with E-state index in [2.05, 4.69) is 57.3 Å². The second-order valence-corrected chi connectivity index (χ2v) is 6.93. The van der Waals surface area contributed by atoms with Crippen LogP contribution in [0.25, 0.3) is 11.6 Å². The molecule has 4 aromatic rings. The van der Waals surface area contributed by atoms with Gasteiger partial charge in [0.1, 0.15) is 0 Å². The molecule has 0 heterocycles. The van der Waals surface area contributed by atoms with E-state index >= 15 is 0 Å². The molecule has 0 atom stereocenters. The van der Waals surface area contributed by atoms with Crippen LogP contribution in [0.5, 0.6) is 0 Å². The Balaban J connectivity index is 0.000000266. The molecule has 32 heavy (non-hydrogen) atoms. The summed E-state index contributed by atoms with van der Waals surface area (Å²) in [5.74, 6) is 0. The average Bonchev–Trinajstić information content (AvgIpc) is 2.89. The summed E-state index contributed by atoms with van der Waals surface area (Å²) in [5, 5.41) is 0. The molecule has 0 aliphatic heterocycles. The van der Waals surface area contributed by atoms with Crippen LogP contribution in [0.2, 0.25) is 0 Å². The quantitative estimate of drug-likeness (QED) is 0.309. The Morgan fingerprint density at radius 3 is 1.50 bits per heavy atom. The van der Waals surface area contributed by atoms with Crippen LogP contribution >= 0.6 is 0 Å². The van der Waals surface area contributed by atoms with Crippen molar-refractivity contribution in [2.45, 2.75) is 27.7 Å². The van der Waals surface area contributed by atoms with Crippen LogP contribution in [0, 0.1) is 13.8 Å². The molecule has 0 N–H and O–H groups in total. The highest BCUT2D eigenvalue weighted by atomic mass is 14.1. The third-order valence-electron chi connectivity index (χ3n) is 4.54. The van der Waals surface area contributed by atoms with Gasteiger partial charge in [-0.1, -0.05) is 154 Å². The maximum Gasteiger partial charge on any atom is -0.0152 e. The molecule has 0 saturated heterocycles. The molecule has 0 bridgehead atoms. The zero-order valence-corrected chi connectivity index (χ0v) is 20.0. The predicted octanol–water partition coefficient (Wildman–Crippen LogP) is 9.41. The molecule has 0 aromatic heterocycles. The van der Waals surface area contributed by atoms with E-state index in [1.165, 1.54) is 27.8 Å². The zero-order chi connectivity index (χ0) is 23.6. The summed E-state index contributed by atoms with van der Waals surface area (Å²) in [4.78, 5) is 0. The highest BCUT2D eigenvalue weighted by Crippen LogP contribution is 2.25. The smallest absolute Gasteiger partial charge is 0.0152 e. The highest BCUT2D eigenvalue weighted by Gasteiger charge is 2.05. The molecule has 0 saturated carbocycles. The molecule has 4 rings (SSSR count). The van der Waals surface area contributed by atoms with E-state index in [4.69, 9.17) is 0 Å². The second-order valence-electron chi connectivity index (χ2n) is 6.93. The molecule has 0 aliphatic rings. The molecule has 0 fully saturated rings. The summed E-state index contributed by atoms with van der Waals surface area (Å²) in [5.41, 5.74) is 7.26. The van der Waals surface area contributed by atoms with E-state index in [1.54, 1.807) is 0 Å². The molecular weight excluding hydrogens is 384 g/mol. The van der Waals surface area contributed by atoms with Crippen LogP contribution < -0.4 is 0 Å². The fourth-order valence-corrected chi connectivity index (χ4v) is 2.83. The first kappa shape index (κ1) is 26.4. The summed E-state index contributed by atoms with van der Waals surface area (Å²) in [6.07, 6.45) is 1.83. The van der Waals surface area contributed by atoms with Crippen LogP contribution in [-0.4, -0.2) is 0 Å². The van der Waals surface area contributed by atoms with E-state index in [0.717, 1.165) is 5.57 Å². The van der Waals surface area contributed by atoms with E-state index in [0.29, 0.717) is 0 Å². The maximum atomic E-state index is 4.20.